The SMILES string of the molecule is O=C(c1ccccc1Cl)N1CCN(c2cccc[nH+]2)CC1. The summed E-state index contributed by atoms with van der Waals surface area (Å²) in [5.74, 6) is 1.10. The molecule has 1 N–H and O–H groups in total. The van der Waals surface area contributed by atoms with E-state index in [2.05, 4.69) is 9.88 Å². The van der Waals surface area contributed by atoms with E-state index in [9.17, 15) is 4.79 Å². The number of nitrogens with zero attached hydrogens (tertiary/aromatic N) is 2. The number of carbonyl (C=O) groups excluding carboxylic acids is 1. The summed E-state index contributed by atoms with van der Waals surface area (Å²) in [5, 5.41) is 0.515. The maximum Gasteiger partial charge on any atom is 0.274 e. The first-order valence-corrected chi connectivity index (χ1v) is 7.39. The lowest BCUT2D eigenvalue weighted by atomic mass is 10.2. The molecule has 1 fully saturated rings. The third kappa shape index (κ3) is 3.00. The molecule has 1 saturated heterocycles. The van der Waals surface area contributed by atoms with Crippen molar-refractivity contribution < 1.29 is 9.78 Å². The van der Waals surface area contributed by atoms with Gasteiger partial charge in [0.15, 0.2) is 0 Å². The second kappa shape index (κ2) is 6.14. The summed E-state index contributed by atoms with van der Waals surface area (Å²) in [6.07, 6.45) is 1.91. The van der Waals surface area contributed by atoms with Crippen LogP contribution in [0.25, 0.3) is 0 Å². The summed E-state index contributed by atoms with van der Waals surface area (Å²) in [5.41, 5.74) is 0.582. The number of halogens is 1. The molecule has 0 aliphatic carbocycles. The molecule has 1 aromatic heterocycles. The number of rotatable bonds is 2. The van der Waals surface area contributed by atoms with Gasteiger partial charge >= 0.3 is 0 Å². The van der Waals surface area contributed by atoms with Crippen LogP contribution in [0.5, 0.6) is 0 Å². The van der Waals surface area contributed by atoms with Crippen molar-refractivity contribution >= 4 is 23.3 Å². The molecule has 0 spiro atoms. The fourth-order valence-corrected chi connectivity index (χ4v) is 2.75. The van der Waals surface area contributed by atoms with E-state index >= 15 is 0 Å². The number of hydrogen-bond acceptors (Lipinski definition) is 2. The summed E-state index contributed by atoms with van der Waals surface area (Å²) in [4.78, 5) is 19.8. The smallest absolute Gasteiger partial charge is 0.274 e. The molecule has 5 heteroatoms. The van der Waals surface area contributed by atoms with Gasteiger partial charge in [-0.15, -0.1) is 0 Å². The zero-order chi connectivity index (χ0) is 14.7. The summed E-state index contributed by atoms with van der Waals surface area (Å²) in [7, 11) is 0. The number of pyridine rings is 1. The van der Waals surface area contributed by atoms with E-state index in [1.54, 1.807) is 12.1 Å². The lowest BCUT2D eigenvalue weighted by Gasteiger charge is -2.31. The number of benzene rings is 1. The van der Waals surface area contributed by atoms with Gasteiger partial charge < -0.3 is 4.90 Å². The van der Waals surface area contributed by atoms with Crippen LogP contribution in [-0.2, 0) is 0 Å². The summed E-state index contributed by atoms with van der Waals surface area (Å²) in [6, 6.07) is 13.2. The van der Waals surface area contributed by atoms with Crippen LogP contribution in [-0.4, -0.2) is 37.0 Å². The van der Waals surface area contributed by atoms with Gasteiger partial charge in [0.2, 0.25) is 0 Å². The highest BCUT2D eigenvalue weighted by Gasteiger charge is 2.27. The third-order valence-electron chi connectivity index (χ3n) is 3.70. The monoisotopic (exact) mass is 302 g/mol. The molecule has 0 saturated carbocycles. The number of amides is 1. The Morgan fingerprint density at radius 3 is 2.38 bits per heavy atom. The van der Waals surface area contributed by atoms with Crippen molar-refractivity contribution in [2.24, 2.45) is 0 Å². The molecule has 1 aromatic carbocycles. The van der Waals surface area contributed by atoms with Gasteiger partial charge in [-0.25, -0.2) is 4.98 Å². The van der Waals surface area contributed by atoms with Gasteiger partial charge in [0.25, 0.3) is 11.7 Å². The lowest BCUT2D eigenvalue weighted by molar-refractivity contribution is -0.364. The average Bonchev–Trinajstić information content (AvgIpc) is 2.56. The molecule has 2 heterocycles. The van der Waals surface area contributed by atoms with Crippen LogP contribution in [0.2, 0.25) is 5.02 Å². The fraction of sp³-hybridized carbons (Fsp3) is 0.250. The van der Waals surface area contributed by atoms with Crippen molar-refractivity contribution in [3.05, 3.63) is 59.2 Å². The van der Waals surface area contributed by atoms with Gasteiger partial charge in [-0.3, -0.25) is 9.69 Å². The number of carbonyl (C=O) groups is 1. The van der Waals surface area contributed by atoms with E-state index in [0.29, 0.717) is 23.7 Å². The van der Waals surface area contributed by atoms with Crippen LogP contribution in [0.3, 0.4) is 0 Å². The van der Waals surface area contributed by atoms with Crippen molar-refractivity contribution in [1.29, 1.82) is 0 Å². The number of nitrogens with one attached hydrogen (secondary N) is 1. The largest absolute Gasteiger partial charge is 0.331 e. The molecule has 0 unspecified atom stereocenters. The van der Waals surface area contributed by atoms with Crippen molar-refractivity contribution in [2.75, 3.05) is 31.1 Å². The molecule has 0 bridgehead atoms. The van der Waals surface area contributed by atoms with E-state index in [0.717, 1.165) is 18.9 Å². The molecule has 1 amide bonds. The Kier molecular flexibility index (Phi) is 4.06. The fourth-order valence-electron chi connectivity index (χ4n) is 2.54. The van der Waals surface area contributed by atoms with Crippen LogP contribution in [0.15, 0.2) is 48.7 Å². The Balaban J connectivity index is 1.66. The Morgan fingerprint density at radius 2 is 1.71 bits per heavy atom. The molecular formula is C16H17ClN3O+. The second-order valence-electron chi connectivity index (χ2n) is 5.01. The maximum atomic E-state index is 12.5. The summed E-state index contributed by atoms with van der Waals surface area (Å²) >= 11 is 6.10. The van der Waals surface area contributed by atoms with Crippen LogP contribution in [0, 0.1) is 0 Å². The Hall–Kier alpha value is -2.07. The first-order valence-electron chi connectivity index (χ1n) is 7.01. The maximum absolute atomic E-state index is 12.5. The quantitative estimate of drug-likeness (QED) is 0.852. The predicted octanol–water partition coefficient (Wildman–Crippen LogP) is 2.12. The minimum Gasteiger partial charge on any atom is -0.331 e. The molecular weight excluding hydrogens is 286 g/mol. The first-order chi connectivity index (χ1) is 10.3. The molecule has 1 aliphatic rings. The van der Waals surface area contributed by atoms with E-state index in [1.807, 2.05) is 41.4 Å². The number of H-pyrrole nitrogens is 1. The van der Waals surface area contributed by atoms with E-state index in [1.165, 1.54) is 0 Å². The number of anilines is 1. The van der Waals surface area contributed by atoms with Crippen LogP contribution in [0.1, 0.15) is 10.4 Å². The molecule has 108 valence electrons. The second-order valence-corrected chi connectivity index (χ2v) is 5.41. The molecule has 21 heavy (non-hydrogen) atoms. The topological polar surface area (TPSA) is 37.7 Å². The van der Waals surface area contributed by atoms with E-state index < -0.39 is 0 Å². The van der Waals surface area contributed by atoms with Crippen molar-refractivity contribution in [3.63, 3.8) is 0 Å². The summed E-state index contributed by atoms with van der Waals surface area (Å²) in [6.45, 7) is 3.03. The molecule has 0 atom stereocenters. The van der Waals surface area contributed by atoms with Crippen molar-refractivity contribution in [3.8, 4) is 0 Å². The van der Waals surface area contributed by atoms with Gasteiger partial charge in [0.05, 0.1) is 29.9 Å². The first kappa shape index (κ1) is 13.9. The standard InChI is InChI=1S/C16H16ClN3O/c17-14-6-2-1-5-13(14)16(21)20-11-9-19(10-12-20)15-7-3-4-8-18-15/h1-8H,9-12H2/p+1. The van der Waals surface area contributed by atoms with Crippen molar-refractivity contribution in [2.45, 2.75) is 0 Å². The number of hydrogen-bond donors (Lipinski definition) is 0. The van der Waals surface area contributed by atoms with E-state index in [4.69, 9.17) is 11.6 Å². The average molecular weight is 303 g/mol. The minimum atomic E-state index is 0.0114. The van der Waals surface area contributed by atoms with Gasteiger partial charge in [-0.2, -0.15) is 0 Å². The van der Waals surface area contributed by atoms with Crippen LogP contribution >= 0.6 is 11.6 Å². The van der Waals surface area contributed by atoms with Crippen LogP contribution < -0.4 is 9.88 Å². The third-order valence-corrected chi connectivity index (χ3v) is 4.03. The van der Waals surface area contributed by atoms with E-state index in [-0.39, 0.29) is 5.91 Å². The Morgan fingerprint density at radius 1 is 1.00 bits per heavy atom. The summed E-state index contributed by atoms with van der Waals surface area (Å²) < 4.78 is 0. The van der Waals surface area contributed by atoms with Crippen LogP contribution in [0.4, 0.5) is 5.82 Å². The zero-order valence-corrected chi connectivity index (χ0v) is 12.4. The van der Waals surface area contributed by atoms with Gasteiger partial charge in [-0.1, -0.05) is 29.8 Å². The highest BCUT2D eigenvalue weighted by Crippen LogP contribution is 2.18. The molecule has 3 rings (SSSR count). The molecule has 2 aromatic rings. The van der Waals surface area contributed by atoms with Gasteiger partial charge in [0, 0.05) is 6.07 Å². The minimum absolute atomic E-state index is 0.0114. The molecule has 1 aliphatic heterocycles. The zero-order valence-electron chi connectivity index (χ0n) is 11.6. The molecule has 4 nitrogen and oxygen atoms in total. The Bertz CT molecular complexity index is 624. The predicted molar refractivity (Wildman–Crippen MR) is 82.6 cm³/mol. The highest BCUT2D eigenvalue weighted by molar-refractivity contribution is 6.33. The number of aromatic nitrogens is 1. The highest BCUT2D eigenvalue weighted by atomic mass is 35.5. The number of piperazine rings is 1. The Labute approximate surface area is 129 Å². The lowest BCUT2D eigenvalue weighted by Crippen LogP contribution is -2.50. The normalized spacial score (nSPS) is 15.1. The van der Waals surface area contributed by atoms with Crippen molar-refractivity contribution in [1.82, 2.24) is 4.90 Å². The number of aromatic amines is 1. The molecule has 0 radical (unpaired) electrons. The van der Waals surface area contributed by atoms with Gasteiger partial charge in [0.1, 0.15) is 13.1 Å². The van der Waals surface area contributed by atoms with Gasteiger partial charge in [-0.05, 0) is 18.2 Å².